The van der Waals surface area contributed by atoms with Crippen LogP contribution in [0, 0.1) is 19.8 Å². The van der Waals surface area contributed by atoms with Crippen LogP contribution < -0.4 is 10.6 Å². The first-order valence-corrected chi connectivity index (χ1v) is 7.01. The minimum Gasteiger partial charge on any atom is -0.396 e. The number of aromatic nitrogens is 1. The number of aliphatic hydroxyl groups is 1. The van der Waals surface area contributed by atoms with Gasteiger partial charge in [-0.3, -0.25) is 0 Å². The average Bonchev–Trinajstić information content (AvgIpc) is 2.68. The SMILES string of the molecule is Cc1noc(C)c1CC(C)NC(=O)NCC(C)CCO. The largest absolute Gasteiger partial charge is 0.396 e. The maximum absolute atomic E-state index is 11.7. The Morgan fingerprint density at radius 1 is 1.40 bits per heavy atom. The van der Waals surface area contributed by atoms with Crippen molar-refractivity contribution >= 4 is 6.03 Å². The van der Waals surface area contributed by atoms with Crippen molar-refractivity contribution in [3.8, 4) is 0 Å². The molecule has 0 aromatic carbocycles. The molecule has 2 atom stereocenters. The second-order valence-corrected chi connectivity index (χ2v) is 5.38. The number of urea groups is 1. The number of aryl methyl sites for hydroxylation is 2. The van der Waals surface area contributed by atoms with Gasteiger partial charge in [0.1, 0.15) is 5.76 Å². The Balaban J connectivity index is 2.35. The van der Waals surface area contributed by atoms with Crippen molar-refractivity contribution in [3.63, 3.8) is 0 Å². The highest BCUT2D eigenvalue weighted by Gasteiger charge is 2.14. The summed E-state index contributed by atoms with van der Waals surface area (Å²) in [5, 5.41) is 18.4. The molecule has 6 heteroatoms. The van der Waals surface area contributed by atoms with Gasteiger partial charge >= 0.3 is 6.03 Å². The lowest BCUT2D eigenvalue weighted by Gasteiger charge is -2.16. The summed E-state index contributed by atoms with van der Waals surface area (Å²) in [7, 11) is 0. The molecule has 0 spiro atoms. The Bertz CT molecular complexity index is 412. The first-order chi connectivity index (χ1) is 9.43. The normalized spacial score (nSPS) is 13.8. The van der Waals surface area contributed by atoms with Gasteiger partial charge in [-0.25, -0.2) is 4.79 Å². The van der Waals surface area contributed by atoms with E-state index in [4.69, 9.17) is 9.63 Å². The molecule has 114 valence electrons. The molecule has 0 bridgehead atoms. The van der Waals surface area contributed by atoms with E-state index in [1.165, 1.54) is 0 Å². The molecule has 1 aromatic heterocycles. The van der Waals surface area contributed by atoms with E-state index >= 15 is 0 Å². The summed E-state index contributed by atoms with van der Waals surface area (Å²) in [6.07, 6.45) is 1.38. The zero-order valence-electron chi connectivity index (χ0n) is 12.7. The van der Waals surface area contributed by atoms with Crippen LogP contribution in [0.3, 0.4) is 0 Å². The van der Waals surface area contributed by atoms with Crippen LogP contribution in [0.4, 0.5) is 4.79 Å². The summed E-state index contributed by atoms with van der Waals surface area (Å²) >= 11 is 0. The topological polar surface area (TPSA) is 87.4 Å². The summed E-state index contributed by atoms with van der Waals surface area (Å²) in [5.74, 6) is 1.07. The monoisotopic (exact) mass is 283 g/mol. The Labute approximate surface area is 119 Å². The maximum Gasteiger partial charge on any atom is 0.315 e. The van der Waals surface area contributed by atoms with Gasteiger partial charge in [0.25, 0.3) is 0 Å². The van der Waals surface area contributed by atoms with Gasteiger partial charge in [0, 0.05) is 24.8 Å². The zero-order valence-corrected chi connectivity index (χ0v) is 12.7. The molecule has 0 saturated heterocycles. The molecular weight excluding hydrogens is 258 g/mol. The molecule has 3 N–H and O–H groups in total. The van der Waals surface area contributed by atoms with Gasteiger partial charge in [0.2, 0.25) is 0 Å². The van der Waals surface area contributed by atoms with Crippen molar-refractivity contribution < 1.29 is 14.4 Å². The number of rotatable bonds is 7. The fraction of sp³-hybridized carbons (Fsp3) is 0.714. The number of nitrogens with zero attached hydrogens (tertiary/aromatic N) is 1. The fourth-order valence-corrected chi connectivity index (χ4v) is 2.01. The van der Waals surface area contributed by atoms with Crippen molar-refractivity contribution in [2.45, 2.75) is 46.6 Å². The van der Waals surface area contributed by atoms with Gasteiger partial charge in [0.15, 0.2) is 0 Å². The number of hydrogen-bond acceptors (Lipinski definition) is 4. The Morgan fingerprint density at radius 3 is 2.65 bits per heavy atom. The third-order valence-electron chi connectivity index (χ3n) is 3.30. The van der Waals surface area contributed by atoms with Crippen LogP contribution in [0.1, 0.15) is 37.3 Å². The zero-order chi connectivity index (χ0) is 15.1. The van der Waals surface area contributed by atoms with Crippen LogP contribution in [-0.4, -0.2) is 35.5 Å². The van der Waals surface area contributed by atoms with Crippen molar-refractivity contribution in [2.75, 3.05) is 13.2 Å². The first-order valence-electron chi connectivity index (χ1n) is 7.01. The minimum absolute atomic E-state index is 0.0000482. The number of amides is 2. The maximum atomic E-state index is 11.7. The molecule has 6 nitrogen and oxygen atoms in total. The van der Waals surface area contributed by atoms with Gasteiger partial charge in [-0.2, -0.15) is 0 Å². The number of aliphatic hydroxyl groups excluding tert-OH is 1. The first kappa shape index (κ1) is 16.5. The second-order valence-electron chi connectivity index (χ2n) is 5.38. The van der Waals surface area contributed by atoms with Crippen LogP contribution in [0.25, 0.3) is 0 Å². The number of carbonyl (C=O) groups excluding carboxylic acids is 1. The smallest absolute Gasteiger partial charge is 0.315 e. The predicted molar refractivity (Wildman–Crippen MR) is 76.5 cm³/mol. The highest BCUT2D eigenvalue weighted by molar-refractivity contribution is 5.74. The molecule has 0 saturated carbocycles. The molecule has 0 aliphatic heterocycles. The average molecular weight is 283 g/mol. The standard InChI is InChI=1S/C14H25N3O3/c1-9(5-6-18)8-15-14(19)16-10(2)7-13-11(3)17-20-12(13)4/h9-10,18H,5-8H2,1-4H3,(H2,15,16,19). The van der Waals surface area contributed by atoms with Gasteiger partial charge in [-0.05, 0) is 39.5 Å². The van der Waals surface area contributed by atoms with E-state index in [2.05, 4.69) is 15.8 Å². The van der Waals surface area contributed by atoms with E-state index in [9.17, 15) is 4.79 Å². The molecule has 0 aliphatic carbocycles. The summed E-state index contributed by atoms with van der Waals surface area (Å²) in [4.78, 5) is 11.7. The fourth-order valence-electron chi connectivity index (χ4n) is 2.01. The van der Waals surface area contributed by atoms with Gasteiger partial charge in [-0.1, -0.05) is 12.1 Å². The quantitative estimate of drug-likeness (QED) is 0.708. The van der Waals surface area contributed by atoms with E-state index < -0.39 is 0 Å². The molecule has 20 heavy (non-hydrogen) atoms. The lowest BCUT2D eigenvalue weighted by atomic mass is 10.1. The third-order valence-corrected chi connectivity index (χ3v) is 3.30. The second kappa shape index (κ2) is 7.89. The van der Waals surface area contributed by atoms with Crippen LogP contribution >= 0.6 is 0 Å². The minimum atomic E-state index is -0.186. The molecule has 1 heterocycles. The molecule has 2 unspecified atom stereocenters. The third kappa shape index (κ3) is 5.21. The molecule has 2 amide bonds. The Hall–Kier alpha value is -1.56. The predicted octanol–water partition coefficient (Wildman–Crippen LogP) is 1.54. The lowest BCUT2D eigenvalue weighted by Crippen LogP contribution is -2.43. The van der Waals surface area contributed by atoms with Crippen LogP contribution in [0.5, 0.6) is 0 Å². The molecule has 0 aliphatic rings. The van der Waals surface area contributed by atoms with E-state index in [0.717, 1.165) is 17.0 Å². The van der Waals surface area contributed by atoms with Gasteiger partial charge in [0.05, 0.1) is 5.69 Å². The van der Waals surface area contributed by atoms with Crippen LogP contribution in [-0.2, 0) is 6.42 Å². The number of carbonyl (C=O) groups is 1. The van der Waals surface area contributed by atoms with E-state index in [-0.39, 0.29) is 24.6 Å². The molecule has 1 aromatic rings. The van der Waals surface area contributed by atoms with Crippen LogP contribution in [0.15, 0.2) is 4.52 Å². The highest BCUT2D eigenvalue weighted by atomic mass is 16.5. The molecule has 0 fully saturated rings. The summed E-state index contributed by atoms with van der Waals surface area (Å²) < 4.78 is 5.11. The molecule has 1 rings (SSSR count). The Morgan fingerprint density at radius 2 is 2.10 bits per heavy atom. The van der Waals surface area contributed by atoms with Crippen molar-refractivity contribution in [1.29, 1.82) is 0 Å². The summed E-state index contributed by atoms with van der Waals surface area (Å²) in [5.41, 5.74) is 1.92. The van der Waals surface area contributed by atoms with Crippen molar-refractivity contribution in [1.82, 2.24) is 15.8 Å². The summed E-state index contributed by atoms with van der Waals surface area (Å²) in [6.45, 7) is 8.41. The van der Waals surface area contributed by atoms with Crippen molar-refractivity contribution in [3.05, 3.63) is 17.0 Å². The summed E-state index contributed by atoms with van der Waals surface area (Å²) in [6, 6.07) is -0.186. The molecular formula is C14H25N3O3. The van der Waals surface area contributed by atoms with E-state index in [0.29, 0.717) is 19.4 Å². The van der Waals surface area contributed by atoms with Gasteiger partial charge in [-0.15, -0.1) is 0 Å². The lowest BCUT2D eigenvalue weighted by molar-refractivity contribution is 0.231. The van der Waals surface area contributed by atoms with Crippen LogP contribution in [0.2, 0.25) is 0 Å². The van der Waals surface area contributed by atoms with Gasteiger partial charge < -0.3 is 20.3 Å². The molecule has 0 radical (unpaired) electrons. The van der Waals surface area contributed by atoms with Crippen molar-refractivity contribution in [2.24, 2.45) is 5.92 Å². The Kier molecular flexibility index (Phi) is 6.51. The number of hydrogen-bond donors (Lipinski definition) is 3. The van der Waals surface area contributed by atoms with E-state index in [1.54, 1.807) is 0 Å². The highest BCUT2D eigenvalue weighted by Crippen LogP contribution is 2.14. The van der Waals surface area contributed by atoms with E-state index in [1.807, 2.05) is 27.7 Å². The number of nitrogens with one attached hydrogen (secondary N) is 2.